The van der Waals surface area contributed by atoms with E-state index >= 15 is 0 Å². The van der Waals surface area contributed by atoms with Crippen LogP contribution in [0.2, 0.25) is 0 Å². The van der Waals surface area contributed by atoms with Crippen LogP contribution in [0.25, 0.3) is 0 Å². The van der Waals surface area contributed by atoms with Crippen LogP contribution in [0, 0.1) is 5.92 Å². The highest BCUT2D eigenvalue weighted by molar-refractivity contribution is 5.47. The van der Waals surface area contributed by atoms with Crippen LogP contribution in [0.15, 0.2) is 42.5 Å². The predicted octanol–water partition coefficient (Wildman–Crippen LogP) is 5.48. The number of benzene rings is 2. The first kappa shape index (κ1) is 21.8. The average molecular weight is 435 g/mol. The third kappa shape index (κ3) is 4.40. The zero-order valence-corrected chi connectivity index (χ0v) is 19.9. The average Bonchev–Trinajstić information content (AvgIpc) is 3.31. The molecule has 2 saturated heterocycles. The van der Waals surface area contributed by atoms with Crippen LogP contribution in [-0.2, 0) is 0 Å². The molecule has 3 heterocycles. The molecular formula is C28H38N2O2. The Labute approximate surface area is 193 Å². The van der Waals surface area contributed by atoms with Gasteiger partial charge in [0.15, 0.2) is 0 Å². The van der Waals surface area contributed by atoms with Crippen molar-refractivity contribution in [3.8, 4) is 11.5 Å². The number of fused-ring (bicyclic) bond motifs is 3. The smallest absolute Gasteiger partial charge is 0.119 e. The first-order chi connectivity index (χ1) is 15.6. The molecule has 0 aromatic heterocycles. The number of hydrogen-bond donors (Lipinski definition) is 0. The summed E-state index contributed by atoms with van der Waals surface area (Å²) < 4.78 is 11.7. The molecule has 3 aliphatic heterocycles. The quantitative estimate of drug-likeness (QED) is 0.601. The molecule has 2 fully saturated rings. The van der Waals surface area contributed by atoms with E-state index in [2.05, 4.69) is 66.1 Å². The van der Waals surface area contributed by atoms with Gasteiger partial charge in [-0.25, -0.2) is 0 Å². The minimum atomic E-state index is 0.416. The Morgan fingerprint density at radius 1 is 0.906 bits per heavy atom. The van der Waals surface area contributed by atoms with Crippen LogP contribution < -0.4 is 9.47 Å². The number of methoxy groups -OCH3 is 1. The van der Waals surface area contributed by atoms with Crippen molar-refractivity contribution in [1.82, 2.24) is 9.80 Å². The zero-order valence-electron chi connectivity index (χ0n) is 19.9. The van der Waals surface area contributed by atoms with Gasteiger partial charge in [-0.1, -0.05) is 18.2 Å². The predicted molar refractivity (Wildman–Crippen MR) is 130 cm³/mol. The Kier molecular flexibility index (Phi) is 6.43. The normalized spacial score (nSPS) is 24.4. The summed E-state index contributed by atoms with van der Waals surface area (Å²) in [5.74, 6) is 3.07. The van der Waals surface area contributed by atoms with E-state index in [1.165, 1.54) is 62.0 Å². The summed E-state index contributed by atoms with van der Waals surface area (Å²) in [5.41, 5.74) is 4.35. The second-order valence-corrected chi connectivity index (χ2v) is 10.2. The summed E-state index contributed by atoms with van der Waals surface area (Å²) >= 11 is 0. The van der Waals surface area contributed by atoms with Crippen molar-refractivity contribution in [2.45, 2.75) is 57.5 Å². The highest BCUT2D eigenvalue weighted by Gasteiger charge is 2.36. The first-order valence-electron chi connectivity index (χ1n) is 12.5. The Morgan fingerprint density at radius 3 is 2.38 bits per heavy atom. The van der Waals surface area contributed by atoms with Crippen LogP contribution in [0.3, 0.4) is 0 Å². The zero-order chi connectivity index (χ0) is 22.1. The molecular weight excluding hydrogens is 396 g/mol. The lowest BCUT2D eigenvalue weighted by Gasteiger charge is -2.38. The SMILES string of the molecule is COc1ccc([C@@H]2CN3CCC[C@H]3c3cc(OCC4CCN(C(C)C)CC4)ccc32)cc1. The van der Waals surface area contributed by atoms with Gasteiger partial charge in [-0.05, 0) is 106 Å². The Hall–Kier alpha value is -2.04. The molecule has 0 saturated carbocycles. The van der Waals surface area contributed by atoms with Crippen LogP contribution >= 0.6 is 0 Å². The Morgan fingerprint density at radius 2 is 1.66 bits per heavy atom. The van der Waals surface area contributed by atoms with Gasteiger partial charge in [0.25, 0.3) is 0 Å². The summed E-state index contributed by atoms with van der Waals surface area (Å²) in [4.78, 5) is 5.27. The van der Waals surface area contributed by atoms with E-state index in [9.17, 15) is 0 Å². The highest BCUT2D eigenvalue weighted by atomic mass is 16.5. The van der Waals surface area contributed by atoms with Crippen molar-refractivity contribution in [3.05, 3.63) is 59.2 Å². The number of nitrogens with zero attached hydrogens (tertiary/aromatic N) is 2. The van der Waals surface area contributed by atoms with Gasteiger partial charge in [0, 0.05) is 24.5 Å². The van der Waals surface area contributed by atoms with Crippen molar-refractivity contribution >= 4 is 0 Å². The van der Waals surface area contributed by atoms with Gasteiger partial charge >= 0.3 is 0 Å². The van der Waals surface area contributed by atoms with Crippen molar-refractivity contribution < 1.29 is 9.47 Å². The van der Waals surface area contributed by atoms with Crippen LogP contribution in [0.5, 0.6) is 11.5 Å². The van der Waals surface area contributed by atoms with E-state index in [-0.39, 0.29) is 0 Å². The first-order valence-corrected chi connectivity index (χ1v) is 12.5. The largest absolute Gasteiger partial charge is 0.497 e. The van der Waals surface area contributed by atoms with Crippen molar-refractivity contribution in [2.75, 3.05) is 39.9 Å². The van der Waals surface area contributed by atoms with Gasteiger partial charge in [-0.3, -0.25) is 4.90 Å². The van der Waals surface area contributed by atoms with Crippen LogP contribution in [-0.4, -0.2) is 55.7 Å². The summed E-state index contributed by atoms with van der Waals surface area (Å²) in [5, 5.41) is 0. The van der Waals surface area contributed by atoms with E-state index in [1.807, 2.05) is 0 Å². The van der Waals surface area contributed by atoms with Crippen LogP contribution in [0.4, 0.5) is 0 Å². The van der Waals surface area contributed by atoms with E-state index < -0.39 is 0 Å². The molecule has 2 atom stereocenters. The van der Waals surface area contributed by atoms with Gasteiger partial charge < -0.3 is 14.4 Å². The van der Waals surface area contributed by atoms with E-state index in [0.717, 1.165) is 24.7 Å². The molecule has 0 aliphatic carbocycles. The maximum absolute atomic E-state index is 6.37. The van der Waals surface area contributed by atoms with E-state index in [4.69, 9.17) is 9.47 Å². The minimum absolute atomic E-state index is 0.416. The molecule has 2 aromatic rings. The monoisotopic (exact) mass is 434 g/mol. The molecule has 0 bridgehead atoms. The number of piperidine rings is 1. The second-order valence-electron chi connectivity index (χ2n) is 10.2. The van der Waals surface area contributed by atoms with Gasteiger partial charge in [-0.15, -0.1) is 0 Å². The summed E-state index contributed by atoms with van der Waals surface area (Å²) in [6, 6.07) is 16.8. The van der Waals surface area contributed by atoms with Gasteiger partial charge in [-0.2, -0.15) is 0 Å². The van der Waals surface area contributed by atoms with Crippen molar-refractivity contribution in [2.24, 2.45) is 5.92 Å². The Balaban J connectivity index is 1.32. The number of hydrogen-bond acceptors (Lipinski definition) is 4. The molecule has 0 amide bonds. The van der Waals surface area contributed by atoms with Gasteiger partial charge in [0.05, 0.1) is 13.7 Å². The van der Waals surface area contributed by atoms with Crippen LogP contribution in [0.1, 0.15) is 68.2 Å². The molecule has 172 valence electrons. The molecule has 2 aromatic carbocycles. The fraction of sp³-hybridized carbons (Fsp3) is 0.571. The minimum Gasteiger partial charge on any atom is -0.497 e. The molecule has 0 unspecified atom stereocenters. The van der Waals surface area contributed by atoms with Gasteiger partial charge in [0.2, 0.25) is 0 Å². The maximum Gasteiger partial charge on any atom is 0.119 e. The number of rotatable bonds is 6. The van der Waals surface area contributed by atoms with Crippen molar-refractivity contribution in [1.29, 1.82) is 0 Å². The number of ether oxygens (including phenoxy) is 2. The van der Waals surface area contributed by atoms with E-state index in [1.54, 1.807) is 7.11 Å². The third-order valence-electron chi connectivity index (χ3n) is 7.96. The summed E-state index contributed by atoms with van der Waals surface area (Å²) in [6.45, 7) is 10.2. The van der Waals surface area contributed by atoms with E-state index in [0.29, 0.717) is 23.9 Å². The number of likely N-dealkylation sites (tertiary alicyclic amines) is 1. The third-order valence-corrected chi connectivity index (χ3v) is 7.96. The fourth-order valence-corrected chi connectivity index (χ4v) is 5.95. The highest BCUT2D eigenvalue weighted by Crippen LogP contribution is 2.45. The van der Waals surface area contributed by atoms with Crippen molar-refractivity contribution in [3.63, 3.8) is 0 Å². The fourth-order valence-electron chi connectivity index (χ4n) is 5.95. The molecule has 32 heavy (non-hydrogen) atoms. The lowest BCUT2D eigenvalue weighted by atomic mass is 9.81. The topological polar surface area (TPSA) is 24.9 Å². The lowest BCUT2D eigenvalue weighted by Crippen LogP contribution is -2.39. The molecule has 4 heteroatoms. The Bertz CT molecular complexity index is 902. The summed E-state index contributed by atoms with van der Waals surface area (Å²) in [6.07, 6.45) is 5.05. The molecule has 0 N–H and O–H groups in total. The summed E-state index contributed by atoms with van der Waals surface area (Å²) in [7, 11) is 1.73. The molecule has 4 nitrogen and oxygen atoms in total. The maximum atomic E-state index is 6.37. The standard InChI is InChI=1S/C28H38N2O2/c1-20(2)29-15-12-21(13-16-29)19-32-24-10-11-25-26(17-24)28-5-4-14-30(28)18-27(25)22-6-8-23(31-3)9-7-22/h6-11,17,20-21,27-28H,4-5,12-16,18-19H2,1-3H3/t27-,28-/m0/s1. The van der Waals surface area contributed by atoms with Gasteiger partial charge in [0.1, 0.15) is 11.5 Å². The second kappa shape index (κ2) is 9.44. The molecule has 5 rings (SSSR count). The molecule has 0 radical (unpaired) electrons. The molecule has 0 spiro atoms. The lowest BCUT2D eigenvalue weighted by molar-refractivity contribution is 0.119. The molecule has 3 aliphatic rings.